The summed E-state index contributed by atoms with van der Waals surface area (Å²) >= 11 is 6.92. The van der Waals surface area contributed by atoms with Crippen LogP contribution < -0.4 is 5.32 Å². The number of carbonyl (C=O) groups is 2. The van der Waals surface area contributed by atoms with E-state index in [0.717, 1.165) is 41.5 Å². The van der Waals surface area contributed by atoms with Crippen LogP contribution in [-0.2, 0) is 25.7 Å². The molecule has 1 fully saturated rings. The summed E-state index contributed by atoms with van der Waals surface area (Å²) in [5.74, 6) is -0.00796. The summed E-state index contributed by atoms with van der Waals surface area (Å²) in [6, 6.07) is 19.2. The molecule has 3 aromatic rings. The van der Waals surface area contributed by atoms with Gasteiger partial charge in [-0.2, -0.15) is 16.1 Å². The lowest BCUT2D eigenvalue weighted by Crippen LogP contribution is -2.41. The summed E-state index contributed by atoms with van der Waals surface area (Å²) in [7, 11) is -3.78. The minimum absolute atomic E-state index is 0.165. The first-order valence-corrected chi connectivity index (χ1v) is 18.7. The number of sulfonamides is 1. The summed E-state index contributed by atoms with van der Waals surface area (Å²) in [4.78, 5) is 26.3. The van der Waals surface area contributed by atoms with E-state index >= 15 is 0 Å². The Kier molecular flexibility index (Phi) is 12.9. The lowest BCUT2D eigenvalue weighted by atomic mass is 9.87. The van der Waals surface area contributed by atoms with Crippen LogP contribution in [0.3, 0.4) is 0 Å². The number of hydrogen-bond donors (Lipinski definition) is 1. The second-order valence-corrected chi connectivity index (χ2v) is 14.9. The smallest absolute Gasteiger partial charge is 0.345 e. The van der Waals surface area contributed by atoms with Crippen molar-refractivity contribution in [2.24, 2.45) is 5.92 Å². The number of nitrogens with zero attached hydrogens (tertiary/aromatic N) is 1. The number of benzene rings is 3. The van der Waals surface area contributed by atoms with E-state index in [4.69, 9.17) is 11.9 Å². The minimum Gasteiger partial charge on any atom is -0.345 e. The predicted octanol–water partition coefficient (Wildman–Crippen LogP) is 7.68. The van der Waals surface area contributed by atoms with Gasteiger partial charge in [-0.25, -0.2) is 13.2 Å². The molecule has 0 aromatic heterocycles. The Morgan fingerprint density at radius 3 is 2.38 bits per heavy atom. The lowest BCUT2D eigenvalue weighted by molar-refractivity contribution is -0.136. The number of hydrogen-bond acceptors (Lipinski definition) is 6. The largest absolute Gasteiger partial charge is 0.346 e. The Bertz CT molecular complexity index is 1560. The molecular weight excluding hydrogens is 628 g/mol. The van der Waals surface area contributed by atoms with Crippen molar-refractivity contribution in [1.82, 2.24) is 9.62 Å². The van der Waals surface area contributed by atoms with E-state index in [0.29, 0.717) is 35.8 Å². The average Bonchev–Trinajstić information content (AvgIpc) is 3.05. The zero-order chi connectivity index (χ0) is 32.4. The van der Waals surface area contributed by atoms with Crippen LogP contribution in [-0.4, -0.2) is 49.2 Å². The third kappa shape index (κ3) is 9.35. The fraction of sp³-hybridized carbons (Fsp3) is 0.429. The van der Waals surface area contributed by atoms with E-state index in [9.17, 15) is 18.0 Å². The zero-order valence-electron chi connectivity index (χ0n) is 26.3. The minimum atomic E-state index is -3.78. The molecule has 0 bridgehead atoms. The van der Waals surface area contributed by atoms with Gasteiger partial charge in [0.05, 0.1) is 4.90 Å². The van der Waals surface area contributed by atoms with Gasteiger partial charge in [0.2, 0.25) is 10.0 Å². The van der Waals surface area contributed by atoms with Crippen LogP contribution in [0.15, 0.2) is 71.6 Å². The van der Waals surface area contributed by atoms with Crippen LogP contribution in [0.1, 0.15) is 72.0 Å². The number of aryl methyl sites for hydroxylation is 2. The Hall–Kier alpha value is -2.85. The summed E-state index contributed by atoms with van der Waals surface area (Å²) in [5.41, 5.74) is 4.60. The summed E-state index contributed by atoms with van der Waals surface area (Å²) in [5, 5.41) is 2.80. The van der Waals surface area contributed by atoms with Crippen molar-refractivity contribution < 1.29 is 22.3 Å². The number of carbonyl (C=O) groups excluding carboxylic acids is 2. The molecule has 0 aliphatic heterocycles. The van der Waals surface area contributed by atoms with Gasteiger partial charge in [0.1, 0.15) is 17.9 Å². The molecule has 0 spiro atoms. The highest BCUT2D eigenvalue weighted by Gasteiger charge is 2.28. The Balaban J connectivity index is 1.70. The molecule has 45 heavy (non-hydrogen) atoms. The third-order valence-corrected chi connectivity index (χ3v) is 11.2. The van der Waals surface area contributed by atoms with E-state index in [1.54, 1.807) is 40.3 Å². The molecule has 0 radical (unpaired) electrons. The highest BCUT2D eigenvalue weighted by Crippen LogP contribution is 2.31. The van der Waals surface area contributed by atoms with Gasteiger partial charge in [-0.3, -0.25) is 4.79 Å². The van der Waals surface area contributed by atoms with Crippen LogP contribution in [0, 0.1) is 19.8 Å². The van der Waals surface area contributed by atoms with Crippen LogP contribution >= 0.6 is 23.6 Å². The monoisotopic (exact) mass is 670 g/mol. The molecule has 1 N–H and O–H groups in total. The molecule has 242 valence electrons. The summed E-state index contributed by atoms with van der Waals surface area (Å²) in [6.07, 6.45) is 8.99. The molecule has 10 heteroatoms. The van der Waals surface area contributed by atoms with Gasteiger partial charge in [0.15, 0.2) is 0 Å². The molecule has 1 aliphatic rings. The first-order valence-electron chi connectivity index (χ1n) is 15.5. The highest BCUT2D eigenvalue weighted by atomic mass is 35.5. The first-order chi connectivity index (χ1) is 21.6. The molecule has 1 saturated carbocycles. The van der Waals surface area contributed by atoms with Gasteiger partial charge < -0.3 is 9.61 Å². The van der Waals surface area contributed by atoms with Crippen molar-refractivity contribution in [1.29, 1.82) is 0 Å². The number of thioether (sulfide) groups is 1. The highest BCUT2D eigenvalue weighted by molar-refractivity contribution is 7.98. The molecule has 1 aliphatic carbocycles. The van der Waals surface area contributed by atoms with Crippen LogP contribution in [0.5, 0.6) is 0 Å². The summed E-state index contributed by atoms with van der Waals surface area (Å²) < 4.78 is 34.0. The van der Waals surface area contributed by atoms with Crippen molar-refractivity contribution in [3.8, 4) is 11.1 Å². The van der Waals surface area contributed by atoms with Gasteiger partial charge >= 0.3 is 5.97 Å². The average molecular weight is 671 g/mol. The maximum atomic E-state index is 14.0. The number of rotatable bonds is 14. The summed E-state index contributed by atoms with van der Waals surface area (Å²) in [6.45, 7) is 4.49. The van der Waals surface area contributed by atoms with Gasteiger partial charge in [0.25, 0.3) is 5.91 Å². The second-order valence-electron chi connectivity index (χ2n) is 11.8. The van der Waals surface area contributed by atoms with Crippen molar-refractivity contribution in [2.75, 3.05) is 18.6 Å². The standard InChI is InChI=1S/C35H43ClN2O5S2/c1-25-13-16-29(17-14-25)45(41,42)38(21-19-27-10-5-4-6-11-27)24-28-15-18-31(32(23-28)30-12-8-7-9-26(30)2)34(39)37-33(20-22-44-3)35(40)43-36/h7-9,12-18,23,27,33H,4-6,10-11,19-22,24H2,1-3H3,(H,37,39). The Labute approximate surface area is 277 Å². The molecule has 1 unspecified atom stereocenters. The maximum Gasteiger partial charge on any atom is 0.346 e. The molecule has 7 nitrogen and oxygen atoms in total. The molecule has 4 rings (SSSR count). The fourth-order valence-corrected chi connectivity index (χ4v) is 7.93. The lowest BCUT2D eigenvalue weighted by Gasteiger charge is -2.27. The maximum absolute atomic E-state index is 14.0. The van der Waals surface area contributed by atoms with Crippen LogP contribution in [0.2, 0.25) is 0 Å². The predicted molar refractivity (Wildman–Crippen MR) is 183 cm³/mol. The Morgan fingerprint density at radius 2 is 1.71 bits per heavy atom. The number of halogens is 1. The molecule has 1 amide bonds. The van der Waals surface area contributed by atoms with E-state index in [2.05, 4.69) is 9.61 Å². The van der Waals surface area contributed by atoms with Crippen molar-refractivity contribution in [3.05, 3.63) is 89.0 Å². The normalized spacial score (nSPS) is 14.7. The van der Waals surface area contributed by atoms with E-state index in [1.807, 2.05) is 62.6 Å². The SMILES string of the molecule is CSCCC(NC(=O)c1ccc(CN(CCC2CCCCC2)S(=O)(=O)c2ccc(C)cc2)cc1-c1ccccc1C)C(=O)OCl. The topological polar surface area (TPSA) is 92.8 Å². The number of amides is 1. The van der Waals surface area contributed by atoms with E-state index in [-0.39, 0.29) is 11.4 Å². The molecule has 0 saturated heterocycles. The molecule has 3 aromatic carbocycles. The second kappa shape index (κ2) is 16.6. The van der Waals surface area contributed by atoms with Gasteiger partial charge in [-0.05, 0) is 91.1 Å². The fourth-order valence-electron chi connectivity index (χ4n) is 5.91. The van der Waals surface area contributed by atoms with Crippen LogP contribution in [0.4, 0.5) is 0 Å². The quantitative estimate of drug-likeness (QED) is 0.189. The van der Waals surface area contributed by atoms with Crippen molar-refractivity contribution in [3.63, 3.8) is 0 Å². The zero-order valence-corrected chi connectivity index (χ0v) is 28.6. The third-order valence-electron chi connectivity index (χ3n) is 8.57. The van der Waals surface area contributed by atoms with Crippen molar-refractivity contribution >= 4 is 45.5 Å². The van der Waals surface area contributed by atoms with E-state index in [1.165, 1.54) is 19.3 Å². The van der Waals surface area contributed by atoms with Gasteiger partial charge in [-0.1, -0.05) is 80.1 Å². The van der Waals surface area contributed by atoms with E-state index < -0.39 is 27.9 Å². The van der Waals surface area contributed by atoms with Crippen molar-refractivity contribution in [2.45, 2.75) is 76.3 Å². The van der Waals surface area contributed by atoms with Gasteiger partial charge in [-0.15, -0.1) is 0 Å². The van der Waals surface area contributed by atoms with Gasteiger partial charge in [0, 0.05) is 18.7 Å². The van der Waals surface area contributed by atoms with Crippen LogP contribution in [0.25, 0.3) is 11.1 Å². The Morgan fingerprint density at radius 1 is 1.00 bits per heavy atom. The molecular formula is C35H43ClN2O5S2. The number of nitrogens with one attached hydrogen (secondary N) is 1. The molecule has 1 atom stereocenters. The molecule has 0 heterocycles. The first kappa shape index (κ1) is 35.0.